The number of carbonyl (C=O) groups excluding carboxylic acids is 1. The molecule has 2 rings (SSSR count). The standard InChI is InChI=1S/C14H18N2O/c1-3-12-6-4-5-7-13(12)14(17)16-10-8-15(2)9-11-16/h3-7H,1,8-11H2,2H3. The largest absolute Gasteiger partial charge is 0.336 e. The SMILES string of the molecule is C=Cc1ccccc1C(=O)N1CCN(C)CC1. The first-order valence-corrected chi connectivity index (χ1v) is 5.91. The van der Waals surface area contributed by atoms with E-state index in [0.717, 1.165) is 37.3 Å². The predicted molar refractivity (Wildman–Crippen MR) is 69.9 cm³/mol. The minimum absolute atomic E-state index is 0.119. The molecule has 3 nitrogen and oxygen atoms in total. The van der Waals surface area contributed by atoms with Crippen molar-refractivity contribution in [2.45, 2.75) is 0 Å². The zero-order valence-corrected chi connectivity index (χ0v) is 10.2. The maximum absolute atomic E-state index is 12.3. The van der Waals surface area contributed by atoms with Crippen LogP contribution < -0.4 is 0 Å². The van der Waals surface area contributed by atoms with Crippen LogP contribution in [0.5, 0.6) is 0 Å². The second-order valence-corrected chi connectivity index (χ2v) is 4.39. The van der Waals surface area contributed by atoms with Crippen molar-refractivity contribution >= 4 is 12.0 Å². The first-order chi connectivity index (χ1) is 8.22. The molecular formula is C14H18N2O. The van der Waals surface area contributed by atoms with E-state index >= 15 is 0 Å². The average molecular weight is 230 g/mol. The summed E-state index contributed by atoms with van der Waals surface area (Å²) < 4.78 is 0. The zero-order chi connectivity index (χ0) is 12.3. The second kappa shape index (κ2) is 5.15. The first kappa shape index (κ1) is 11.9. The van der Waals surface area contributed by atoms with E-state index in [2.05, 4.69) is 18.5 Å². The molecule has 17 heavy (non-hydrogen) atoms. The van der Waals surface area contributed by atoms with Gasteiger partial charge >= 0.3 is 0 Å². The summed E-state index contributed by atoms with van der Waals surface area (Å²) in [7, 11) is 2.08. The van der Waals surface area contributed by atoms with Crippen LogP contribution in [0.2, 0.25) is 0 Å². The summed E-state index contributed by atoms with van der Waals surface area (Å²) in [4.78, 5) is 16.5. The molecule has 3 heteroatoms. The number of amides is 1. The Labute approximate surface area is 102 Å². The molecule has 1 amide bonds. The average Bonchev–Trinajstić information content (AvgIpc) is 2.39. The molecule has 0 N–H and O–H groups in total. The van der Waals surface area contributed by atoms with Crippen LogP contribution in [0.15, 0.2) is 30.8 Å². The molecule has 0 radical (unpaired) electrons. The number of benzene rings is 1. The van der Waals surface area contributed by atoms with Crippen molar-refractivity contribution in [3.8, 4) is 0 Å². The van der Waals surface area contributed by atoms with Crippen molar-refractivity contribution in [1.29, 1.82) is 0 Å². The van der Waals surface area contributed by atoms with Gasteiger partial charge < -0.3 is 9.80 Å². The fourth-order valence-electron chi connectivity index (χ4n) is 2.05. The van der Waals surface area contributed by atoms with Crippen molar-refractivity contribution in [1.82, 2.24) is 9.80 Å². The summed E-state index contributed by atoms with van der Waals surface area (Å²) >= 11 is 0. The van der Waals surface area contributed by atoms with Crippen molar-refractivity contribution in [2.24, 2.45) is 0 Å². The third-order valence-electron chi connectivity index (χ3n) is 3.20. The molecule has 1 aliphatic rings. The number of carbonyl (C=O) groups is 1. The van der Waals surface area contributed by atoms with Crippen LogP contribution in [-0.4, -0.2) is 48.9 Å². The van der Waals surface area contributed by atoms with Gasteiger partial charge in [0.1, 0.15) is 0 Å². The van der Waals surface area contributed by atoms with E-state index < -0.39 is 0 Å². The van der Waals surface area contributed by atoms with Gasteiger partial charge in [-0.3, -0.25) is 4.79 Å². The molecule has 0 aliphatic carbocycles. The van der Waals surface area contributed by atoms with Gasteiger partial charge in [-0.05, 0) is 18.7 Å². The summed E-state index contributed by atoms with van der Waals surface area (Å²) in [6.07, 6.45) is 1.74. The van der Waals surface area contributed by atoms with Gasteiger partial charge in [0.2, 0.25) is 0 Å². The summed E-state index contributed by atoms with van der Waals surface area (Å²) in [6, 6.07) is 7.63. The molecule has 0 unspecified atom stereocenters. The van der Waals surface area contributed by atoms with Crippen molar-refractivity contribution in [3.63, 3.8) is 0 Å². The van der Waals surface area contributed by atoms with E-state index in [9.17, 15) is 4.79 Å². The molecule has 0 spiro atoms. The molecule has 1 aliphatic heterocycles. The number of rotatable bonds is 2. The Morgan fingerprint density at radius 1 is 1.24 bits per heavy atom. The van der Waals surface area contributed by atoms with Crippen LogP contribution in [0.3, 0.4) is 0 Å². The molecule has 1 fully saturated rings. The van der Waals surface area contributed by atoms with Crippen LogP contribution in [0.25, 0.3) is 6.08 Å². The summed E-state index contributed by atoms with van der Waals surface area (Å²) in [5.74, 6) is 0.119. The van der Waals surface area contributed by atoms with Gasteiger partial charge in [-0.15, -0.1) is 0 Å². The summed E-state index contributed by atoms with van der Waals surface area (Å²) in [6.45, 7) is 7.26. The van der Waals surface area contributed by atoms with Crippen LogP contribution in [0.4, 0.5) is 0 Å². The molecule has 0 aromatic heterocycles. The van der Waals surface area contributed by atoms with E-state index in [-0.39, 0.29) is 5.91 Å². The molecular weight excluding hydrogens is 212 g/mol. The number of likely N-dealkylation sites (N-methyl/N-ethyl adjacent to an activating group) is 1. The lowest BCUT2D eigenvalue weighted by Gasteiger charge is -2.32. The van der Waals surface area contributed by atoms with E-state index in [4.69, 9.17) is 0 Å². The van der Waals surface area contributed by atoms with Gasteiger partial charge in [0, 0.05) is 31.7 Å². The summed E-state index contributed by atoms with van der Waals surface area (Å²) in [5, 5.41) is 0. The Hall–Kier alpha value is -1.61. The third-order valence-corrected chi connectivity index (χ3v) is 3.20. The van der Waals surface area contributed by atoms with Gasteiger partial charge in [0.05, 0.1) is 0 Å². The minimum Gasteiger partial charge on any atom is -0.336 e. The van der Waals surface area contributed by atoms with Crippen LogP contribution in [0, 0.1) is 0 Å². The highest BCUT2D eigenvalue weighted by Crippen LogP contribution is 2.14. The van der Waals surface area contributed by atoms with Gasteiger partial charge in [-0.25, -0.2) is 0 Å². The van der Waals surface area contributed by atoms with Crippen LogP contribution >= 0.6 is 0 Å². The number of hydrogen-bond donors (Lipinski definition) is 0. The Morgan fingerprint density at radius 3 is 2.53 bits per heavy atom. The van der Waals surface area contributed by atoms with Gasteiger partial charge in [0.25, 0.3) is 5.91 Å². The molecule has 90 valence electrons. The van der Waals surface area contributed by atoms with E-state index in [1.165, 1.54) is 0 Å². The number of piperazine rings is 1. The highest BCUT2D eigenvalue weighted by Gasteiger charge is 2.21. The fraction of sp³-hybridized carbons (Fsp3) is 0.357. The molecule has 1 aromatic rings. The molecule has 0 bridgehead atoms. The molecule has 0 saturated carbocycles. The maximum atomic E-state index is 12.3. The van der Waals surface area contributed by atoms with Crippen LogP contribution in [-0.2, 0) is 0 Å². The van der Waals surface area contributed by atoms with Gasteiger partial charge in [-0.2, -0.15) is 0 Å². The predicted octanol–water partition coefficient (Wildman–Crippen LogP) is 1.72. The Kier molecular flexibility index (Phi) is 3.59. The zero-order valence-electron chi connectivity index (χ0n) is 10.2. The highest BCUT2D eigenvalue weighted by atomic mass is 16.2. The fourth-order valence-corrected chi connectivity index (χ4v) is 2.05. The topological polar surface area (TPSA) is 23.6 Å². The Bertz CT molecular complexity index is 420. The maximum Gasteiger partial charge on any atom is 0.254 e. The lowest BCUT2D eigenvalue weighted by molar-refractivity contribution is 0.0664. The number of nitrogens with zero attached hydrogens (tertiary/aromatic N) is 2. The van der Waals surface area contributed by atoms with Gasteiger partial charge in [0.15, 0.2) is 0 Å². The highest BCUT2D eigenvalue weighted by molar-refractivity contribution is 5.97. The van der Waals surface area contributed by atoms with E-state index in [1.807, 2.05) is 29.2 Å². The molecule has 1 aromatic carbocycles. The second-order valence-electron chi connectivity index (χ2n) is 4.39. The molecule has 1 saturated heterocycles. The molecule has 1 heterocycles. The quantitative estimate of drug-likeness (QED) is 0.772. The number of hydrogen-bond acceptors (Lipinski definition) is 2. The van der Waals surface area contributed by atoms with Crippen molar-refractivity contribution in [2.75, 3.05) is 33.2 Å². The monoisotopic (exact) mass is 230 g/mol. The van der Waals surface area contributed by atoms with E-state index in [1.54, 1.807) is 6.08 Å². The molecule has 0 atom stereocenters. The minimum atomic E-state index is 0.119. The lowest BCUT2D eigenvalue weighted by atomic mass is 10.1. The van der Waals surface area contributed by atoms with E-state index in [0.29, 0.717) is 0 Å². The summed E-state index contributed by atoms with van der Waals surface area (Å²) in [5.41, 5.74) is 1.67. The Morgan fingerprint density at radius 2 is 1.88 bits per heavy atom. The smallest absolute Gasteiger partial charge is 0.254 e. The van der Waals surface area contributed by atoms with Crippen molar-refractivity contribution < 1.29 is 4.79 Å². The Balaban J connectivity index is 2.16. The first-order valence-electron chi connectivity index (χ1n) is 5.91. The van der Waals surface area contributed by atoms with Crippen LogP contribution in [0.1, 0.15) is 15.9 Å². The third kappa shape index (κ3) is 2.56. The lowest BCUT2D eigenvalue weighted by Crippen LogP contribution is -2.47. The van der Waals surface area contributed by atoms with Crippen molar-refractivity contribution in [3.05, 3.63) is 42.0 Å². The van der Waals surface area contributed by atoms with Gasteiger partial charge in [-0.1, -0.05) is 30.9 Å². The normalized spacial score (nSPS) is 16.9.